The van der Waals surface area contributed by atoms with Crippen molar-refractivity contribution in [1.82, 2.24) is 0 Å². The molecule has 0 atom stereocenters. The van der Waals surface area contributed by atoms with Crippen LogP contribution in [0.5, 0.6) is 0 Å². The average molecular weight is 314 g/mol. The van der Waals surface area contributed by atoms with Crippen LogP contribution in [0.2, 0.25) is 0 Å². The van der Waals surface area contributed by atoms with Gasteiger partial charge in [-0.2, -0.15) is 0 Å². The molecule has 0 aliphatic carbocycles. The van der Waals surface area contributed by atoms with E-state index in [-0.39, 0.29) is 26.1 Å². The van der Waals surface area contributed by atoms with Crippen molar-refractivity contribution in [1.29, 1.82) is 0 Å². The Morgan fingerprint density at radius 1 is 0.909 bits per heavy atom. The van der Waals surface area contributed by atoms with Crippen LogP contribution in [0.3, 0.4) is 0 Å². The molecule has 6 heteroatoms. The van der Waals surface area contributed by atoms with Crippen molar-refractivity contribution in [2.24, 2.45) is 5.41 Å². The quantitative estimate of drug-likeness (QED) is 0.389. The van der Waals surface area contributed by atoms with Crippen LogP contribution in [-0.4, -0.2) is 36.7 Å². The SMILES string of the molecule is C=CC(=O)OCC(C)(C)COC(=O)CCC(=O)OC(C)(C)C. The van der Waals surface area contributed by atoms with Gasteiger partial charge in [0.05, 0.1) is 26.1 Å². The number of carbonyl (C=O) groups is 3. The second kappa shape index (κ2) is 8.56. The Hall–Kier alpha value is -1.85. The number of esters is 3. The normalized spacial score (nSPS) is 11.5. The van der Waals surface area contributed by atoms with Gasteiger partial charge < -0.3 is 14.2 Å². The molecule has 0 aromatic carbocycles. The zero-order valence-electron chi connectivity index (χ0n) is 14.1. The molecule has 22 heavy (non-hydrogen) atoms. The van der Waals surface area contributed by atoms with Gasteiger partial charge >= 0.3 is 17.9 Å². The monoisotopic (exact) mass is 314 g/mol. The van der Waals surface area contributed by atoms with E-state index in [9.17, 15) is 14.4 Å². The lowest BCUT2D eigenvalue weighted by Gasteiger charge is -2.23. The van der Waals surface area contributed by atoms with Crippen LogP contribution in [0, 0.1) is 5.41 Å². The highest BCUT2D eigenvalue weighted by Crippen LogP contribution is 2.17. The van der Waals surface area contributed by atoms with E-state index in [0.29, 0.717) is 0 Å². The lowest BCUT2D eigenvalue weighted by Crippen LogP contribution is -2.28. The van der Waals surface area contributed by atoms with E-state index in [1.165, 1.54) is 0 Å². The fourth-order valence-corrected chi connectivity index (χ4v) is 1.31. The Labute approximate surface area is 131 Å². The highest BCUT2D eigenvalue weighted by molar-refractivity contribution is 5.81. The van der Waals surface area contributed by atoms with Crippen molar-refractivity contribution in [3.05, 3.63) is 12.7 Å². The summed E-state index contributed by atoms with van der Waals surface area (Å²) in [6.07, 6.45) is 1.00. The Bertz CT molecular complexity index is 417. The standard InChI is InChI=1S/C16H26O6/c1-7-12(17)20-10-16(5,6)11-21-13(18)8-9-14(19)22-15(2,3)4/h7H,1,8-11H2,2-6H3. The summed E-state index contributed by atoms with van der Waals surface area (Å²) >= 11 is 0. The Morgan fingerprint density at radius 2 is 1.41 bits per heavy atom. The number of hydrogen-bond donors (Lipinski definition) is 0. The van der Waals surface area contributed by atoms with Gasteiger partial charge in [0.25, 0.3) is 0 Å². The van der Waals surface area contributed by atoms with E-state index in [0.717, 1.165) is 6.08 Å². The molecule has 0 unspecified atom stereocenters. The summed E-state index contributed by atoms with van der Waals surface area (Å²) in [5, 5.41) is 0. The van der Waals surface area contributed by atoms with Crippen molar-refractivity contribution in [2.75, 3.05) is 13.2 Å². The maximum absolute atomic E-state index is 11.6. The van der Waals surface area contributed by atoms with E-state index < -0.39 is 28.9 Å². The van der Waals surface area contributed by atoms with Crippen LogP contribution in [0.4, 0.5) is 0 Å². The van der Waals surface area contributed by atoms with Crippen LogP contribution in [0.15, 0.2) is 12.7 Å². The fourth-order valence-electron chi connectivity index (χ4n) is 1.31. The second-order valence-corrected chi connectivity index (χ2v) is 6.72. The molecule has 0 rings (SSSR count). The van der Waals surface area contributed by atoms with Gasteiger partial charge in [0.15, 0.2) is 0 Å². The zero-order valence-corrected chi connectivity index (χ0v) is 14.1. The Kier molecular flexibility index (Phi) is 7.84. The Balaban J connectivity index is 4.04. The summed E-state index contributed by atoms with van der Waals surface area (Å²) in [6, 6.07) is 0. The van der Waals surface area contributed by atoms with E-state index in [4.69, 9.17) is 14.2 Å². The molecule has 0 aromatic rings. The number of hydrogen-bond acceptors (Lipinski definition) is 6. The Morgan fingerprint density at radius 3 is 1.91 bits per heavy atom. The van der Waals surface area contributed by atoms with E-state index >= 15 is 0 Å². The molecule has 0 saturated carbocycles. The molecular weight excluding hydrogens is 288 g/mol. The summed E-state index contributed by atoms with van der Waals surface area (Å²) in [5.41, 5.74) is -1.09. The molecule has 0 heterocycles. The van der Waals surface area contributed by atoms with Crippen LogP contribution >= 0.6 is 0 Å². The average Bonchev–Trinajstić information content (AvgIpc) is 2.38. The van der Waals surface area contributed by atoms with Crippen molar-refractivity contribution in [3.8, 4) is 0 Å². The first-order valence-electron chi connectivity index (χ1n) is 7.12. The van der Waals surface area contributed by atoms with Crippen molar-refractivity contribution in [3.63, 3.8) is 0 Å². The molecule has 0 amide bonds. The highest BCUT2D eigenvalue weighted by Gasteiger charge is 2.23. The van der Waals surface area contributed by atoms with Gasteiger partial charge in [0.1, 0.15) is 5.60 Å². The van der Waals surface area contributed by atoms with Crippen LogP contribution in [0.25, 0.3) is 0 Å². The second-order valence-electron chi connectivity index (χ2n) is 6.72. The molecule has 0 spiro atoms. The van der Waals surface area contributed by atoms with Crippen molar-refractivity contribution >= 4 is 17.9 Å². The van der Waals surface area contributed by atoms with Crippen molar-refractivity contribution < 1.29 is 28.6 Å². The molecule has 0 aromatic heterocycles. The summed E-state index contributed by atoms with van der Waals surface area (Å²) in [6.45, 7) is 12.4. The number of ether oxygens (including phenoxy) is 3. The van der Waals surface area contributed by atoms with Gasteiger partial charge in [-0.15, -0.1) is 0 Å². The maximum Gasteiger partial charge on any atom is 0.330 e. The number of carbonyl (C=O) groups excluding carboxylic acids is 3. The van der Waals surface area contributed by atoms with Crippen LogP contribution in [0.1, 0.15) is 47.5 Å². The lowest BCUT2D eigenvalue weighted by molar-refractivity contribution is -0.159. The molecule has 0 aliphatic rings. The summed E-state index contributed by atoms with van der Waals surface area (Å²) < 4.78 is 15.1. The van der Waals surface area contributed by atoms with E-state index in [1.54, 1.807) is 34.6 Å². The first kappa shape index (κ1) is 20.1. The number of rotatable bonds is 8. The molecule has 0 saturated heterocycles. The van der Waals surface area contributed by atoms with Gasteiger partial charge in [-0.1, -0.05) is 20.4 Å². The van der Waals surface area contributed by atoms with Crippen LogP contribution in [-0.2, 0) is 28.6 Å². The maximum atomic E-state index is 11.6. The van der Waals surface area contributed by atoms with E-state index in [2.05, 4.69) is 6.58 Å². The highest BCUT2D eigenvalue weighted by atomic mass is 16.6. The van der Waals surface area contributed by atoms with Gasteiger partial charge in [0, 0.05) is 11.5 Å². The largest absolute Gasteiger partial charge is 0.465 e. The minimum Gasteiger partial charge on any atom is -0.465 e. The van der Waals surface area contributed by atoms with E-state index in [1.807, 2.05) is 0 Å². The third-order valence-corrected chi connectivity index (χ3v) is 2.35. The van der Waals surface area contributed by atoms with Gasteiger partial charge in [-0.25, -0.2) is 4.79 Å². The summed E-state index contributed by atoms with van der Waals surface area (Å²) in [7, 11) is 0. The third kappa shape index (κ3) is 10.9. The van der Waals surface area contributed by atoms with Gasteiger partial charge in [0.2, 0.25) is 0 Å². The minimum absolute atomic E-state index is 0.0258. The zero-order chi connectivity index (χ0) is 17.4. The minimum atomic E-state index is -0.571. The third-order valence-electron chi connectivity index (χ3n) is 2.35. The van der Waals surface area contributed by atoms with Crippen LogP contribution < -0.4 is 0 Å². The smallest absolute Gasteiger partial charge is 0.330 e. The molecule has 0 aliphatic heterocycles. The molecule has 0 N–H and O–H groups in total. The molecular formula is C16H26O6. The summed E-state index contributed by atoms with van der Waals surface area (Å²) in [5.74, 6) is -1.46. The predicted molar refractivity (Wildman–Crippen MR) is 81.0 cm³/mol. The first-order valence-corrected chi connectivity index (χ1v) is 7.12. The molecule has 0 fully saturated rings. The molecule has 126 valence electrons. The first-order chi connectivity index (χ1) is 9.95. The topological polar surface area (TPSA) is 78.9 Å². The fraction of sp³-hybridized carbons (Fsp3) is 0.688. The van der Waals surface area contributed by atoms with Gasteiger partial charge in [-0.05, 0) is 20.8 Å². The van der Waals surface area contributed by atoms with Crippen molar-refractivity contribution in [2.45, 2.75) is 53.1 Å². The lowest BCUT2D eigenvalue weighted by atomic mass is 9.96. The summed E-state index contributed by atoms with van der Waals surface area (Å²) in [4.78, 5) is 34.1. The predicted octanol–water partition coefficient (Wildman–Crippen LogP) is 2.41. The van der Waals surface area contributed by atoms with Gasteiger partial charge in [-0.3, -0.25) is 9.59 Å². The molecule has 6 nitrogen and oxygen atoms in total. The molecule has 0 radical (unpaired) electrons. The molecule has 0 bridgehead atoms.